The molecule has 0 aromatic heterocycles. The molecule has 1 atom stereocenters. The molecule has 0 unspecified atom stereocenters. The van der Waals surface area contributed by atoms with Crippen molar-refractivity contribution in [2.24, 2.45) is 0 Å². The minimum atomic E-state index is -3.75. The van der Waals surface area contributed by atoms with E-state index in [2.05, 4.69) is 37.3 Å². The van der Waals surface area contributed by atoms with E-state index in [1.54, 1.807) is 30.3 Å². The second-order valence-electron chi connectivity index (χ2n) is 6.31. The Morgan fingerprint density at radius 1 is 0.786 bits per heavy atom. The molecule has 1 aliphatic heterocycles. The van der Waals surface area contributed by atoms with Crippen LogP contribution in [0, 0.1) is 0 Å². The van der Waals surface area contributed by atoms with Gasteiger partial charge in [0.25, 0.3) is 10.0 Å². The van der Waals surface area contributed by atoms with Crippen molar-refractivity contribution in [3.63, 3.8) is 0 Å². The Morgan fingerprint density at radius 2 is 1.36 bits per heavy atom. The van der Waals surface area contributed by atoms with E-state index in [1.807, 2.05) is 54.6 Å². The molecule has 0 amide bonds. The van der Waals surface area contributed by atoms with Crippen LogP contribution in [0.4, 0.5) is 0 Å². The molecule has 142 valence electrons. The highest BCUT2D eigenvalue weighted by Crippen LogP contribution is 2.36. The largest absolute Gasteiger partial charge is 0.304 e. The second-order valence-corrected chi connectivity index (χ2v) is 9.96. The van der Waals surface area contributed by atoms with Crippen LogP contribution < -0.4 is 5.43 Å². The normalized spacial score (nSPS) is 17.2. The van der Waals surface area contributed by atoms with Gasteiger partial charge in [-0.05, 0) is 53.6 Å². The smallest absolute Gasteiger partial charge is 0.260 e. The van der Waals surface area contributed by atoms with E-state index in [9.17, 15) is 8.42 Å². The summed E-state index contributed by atoms with van der Waals surface area (Å²) in [6, 6.07) is 23.4. The Hall–Kier alpha value is -1.93. The average molecular weight is 520 g/mol. The van der Waals surface area contributed by atoms with Crippen molar-refractivity contribution in [2.45, 2.75) is 10.9 Å². The fourth-order valence-corrected chi connectivity index (χ4v) is 5.01. The van der Waals surface area contributed by atoms with Crippen molar-refractivity contribution >= 4 is 47.6 Å². The van der Waals surface area contributed by atoms with Gasteiger partial charge in [-0.1, -0.05) is 74.3 Å². The zero-order valence-corrected chi connectivity index (χ0v) is 18.6. The highest BCUT2D eigenvalue weighted by atomic mass is 79.9. The quantitative estimate of drug-likeness (QED) is 0.495. The first-order valence-electron chi connectivity index (χ1n) is 8.54. The predicted molar refractivity (Wildman–Crippen MR) is 118 cm³/mol. The lowest BCUT2D eigenvalue weighted by Crippen LogP contribution is -2.39. The zero-order chi connectivity index (χ0) is 19.7. The lowest BCUT2D eigenvalue weighted by atomic mass is 10.1. The molecule has 3 aromatic carbocycles. The van der Waals surface area contributed by atoms with E-state index in [0.29, 0.717) is 0 Å². The highest BCUT2D eigenvalue weighted by Gasteiger charge is 2.36. The summed E-state index contributed by atoms with van der Waals surface area (Å²) in [7, 11) is -3.75. The van der Waals surface area contributed by atoms with Crippen LogP contribution in [-0.2, 0) is 10.0 Å². The Morgan fingerprint density at radius 3 is 1.96 bits per heavy atom. The summed E-state index contributed by atoms with van der Waals surface area (Å²) >= 11 is 6.87. The lowest BCUT2D eigenvalue weighted by Gasteiger charge is -2.25. The summed E-state index contributed by atoms with van der Waals surface area (Å²) in [5, 5.41) is 0. The van der Waals surface area contributed by atoms with Gasteiger partial charge in [-0.3, -0.25) is 0 Å². The number of sulfonamides is 1. The van der Waals surface area contributed by atoms with Gasteiger partial charge >= 0.3 is 0 Å². The average Bonchev–Trinajstić information content (AvgIpc) is 3.16. The van der Waals surface area contributed by atoms with E-state index in [0.717, 1.165) is 25.8 Å². The molecule has 28 heavy (non-hydrogen) atoms. The van der Waals surface area contributed by atoms with Crippen LogP contribution in [0.5, 0.6) is 0 Å². The Balaban J connectivity index is 1.78. The van der Waals surface area contributed by atoms with Gasteiger partial charge < -0.3 is 5.43 Å². The van der Waals surface area contributed by atoms with Gasteiger partial charge in [0, 0.05) is 8.95 Å². The van der Waals surface area contributed by atoms with Crippen molar-refractivity contribution in [2.75, 3.05) is 0 Å². The standard InChI is InChI=1S/C21H16Br2N2O2S/c22-17-10-6-15(7-11-17)20-14-21(16-8-12-18(23)13-9-16)25(24-20)28(26,27)19-4-2-1-3-5-19/h1-14,21,24H/t21-/m0/s1. The first-order valence-corrected chi connectivity index (χ1v) is 11.6. The predicted octanol–water partition coefficient (Wildman–Crippen LogP) is 5.50. The van der Waals surface area contributed by atoms with Gasteiger partial charge in [0.1, 0.15) is 0 Å². The second kappa shape index (κ2) is 7.83. The first-order chi connectivity index (χ1) is 13.4. The summed E-state index contributed by atoms with van der Waals surface area (Å²) in [5.74, 6) is 0. The fourth-order valence-electron chi connectivity index (χ4n) is 3.05. The van der Waals surface area contributed by atoms with Gasteiger partial charge in [-0.15, -0.1) is 4.41 Å². The lowest BCUT2D eigenvalue weighted by molar-refractivity contribution is 0.348. The minimum Gasteiger partial charge on any atom is -0.304 e. The van der Waals surface area contributed by atoms with E-state index in [-0.39, 0.29) is 4.90 Å². The summed E-state index contributed by atoms with van der Waals surface area (Å²) in [4.78, 5) is 0.245. The number of rotatable bonds is 4. The highest BCUT2D eigenvalue weighted by molar-refractivity contribution is 9.10. The number of benzene rings is 3. The molecule has 7 heteroatoms. The first kappa shape index (κ1) is 19.4. The van der Waals surface area contributed by atoms with Gasteiger partial charge in [-0.25, -0.2) is 8.42 Å². The number of nitrogens with one attached hydrogen (secondary N) is 1. The molecular formula is C21H16Br2N2O2S. The monoisotopic (exact) mass is 518 g/mol. The van der Waals surface area contributed by atoms with E-state index in [4.69, 9.17) is 0 Å². The van der Waals surface area contributed by atoms with E-state index < -0.39 is 16.1 Å². The van der Waals surface area contributed by atoms with Crippen LogP contribution in [0.1, 0.15) is 17.2 Å². The van der Waals surface area contributed by atoms with Crippen molar-refractivity contribution in [3.05, 3.63) is 105 Å². The van der Waals surface area contributed by atoms with Crippen LogP contribution >= 0.6 is 31.9 Å². The van der Waals surface area contributed by atoms with Crippen molar-refractivity contribution in [1.82, 2.24) is 9.84 Å². The molecule has 1 heterocycles. The maximum absolute atomic E-state index is 13.3. The number of hydrazine groups is 1. The third-order valence-corrected chi connectivity index (χ3v) is 7.24. The van der Waals surface area contributed by atoms with Crippen LogP contribution in [0.15, 0.2) is 98.8 Å². The van der Waals surface area contributed by atoms with Gasteiger partial charge in [-0.2, -0.15) is 0 Å². The van der Waals surface area contributed by atoms with Crippen LogP contribution in [0.2, 0.25) is 0 Å². The Bertz CT molecular complexity index is 1110. The maximum Gasteiger partial charge on any atom is 0.260 e. The molecule has 0 spiro atoms. The van der Waals surface area contributed by atoms with Crippen molar-refractivity contribution in [1.29, 1.82) is 0 Å². The number of hydrogen-bond acceptors (Lipinski definition) is 3. The van der Waals surface area contributed by atoms with E-state index >= 15 is 0 Å². The summed E-state index contributed by atoms with van der Waals surface area (Å²) in [6.07, 6.45) is 1.94. The van der Waals surface area contributed by atoms with Crippen molar-refractivity contribution in [3.8, 4) is 0 Å². The number of halogens is 2. The molecule has 0 aliphatic carbocycles. The molecule has 0 radical (unpaired) electrons. The van der Waals surface area contributed by atoms with Crippen LogP contribution in [0.3, 0.4) is 0 Å². The van der Waals surface area contributed by atoms with Gasteiger partial charge in [0.05, 0.1) is 16.6 Å². The molecule has 4 nitrogen and oxygen atoms in total. The van der Waals surface area contributed by atoms with Crippen LogP contribution in [0.25, 0.3) is 5.70 Å². The molecule has 1 aliphatic rings. The van der Waals surface area contributed by atoms with Crippen molar-refractivity contribution < 1.29 is 8.42 Å². The molecule has 4 rings (SSSR count). The minimum absolute atomic E-state index is 0.245. The zero-order valence-electron chi connectivity index (χ0n) is 14.6. The molecule has 0 saturated carbocycles. The molecule has 0 saturated heterocycles. The molecule has 3 aromatic rings. The summed E-state index contributed by atoms with van der Waals surface area (Å²) in [6.45, 7) is 0. The SMILES string of the molecule is O=S(=O)(c1ccccc1)N1NC(c2ccc(Br)cc2)=C[C@H]1c1ccc(Br)cc1. The maximum atomic E-state index is 13.3. The molecule has 0 fully saturated rings. The summed E-state index contributed by atoms with van der Waals surface area (Å²) < 4.78 is 29.9. The number of hydrogen-bond donors (Lipinski definition) is 1. The third-order valence-electron chi connectivity index (χ3n) is 4.47. The van der Waals surface area contributed by atoms with Crippen LogP contribution in [-0.4, -0.2) is 12.8 Å². The molecule has 1 N–H and O–H groups in total. The third kappa shape index (κ3) is 3.80. The number of nitrogens with zero attached hydrogens (tertiary/aromatic N) is 1. The molecular weight excluding hydrogens is 504 g/mol. The fraction of sp³-hybridized carbons (Fsp3) is 0.0476. The van der Waals surface area contributed by atoms with Gasteiger partial charge in [0.15, 0.2) is 0 Å². The Labute approximate surface area is 181 Å². The topological polar surface area (TPSA) is 49.4 Å². The van der Waals surface area contributed by atoms with Gasteiger partial charge in [0.2, 0.25) is 0 Å². The van der Waals surface area contributed by atoms with E-state index in [1.165, 1.54) is 4.41 Å². The Kier molecular flexibility index (Phi) is 5.42. The summed E-state index contributed by atoms with van der Waals surface area (Å²) in [5.41, 5.74) is 5.65. The molecule has 0 bridgehead atoms.